The summed E-state index contributed by atoms with van der Waals surface area (Å²) in [4.78, 5) is 17.2. The molecule has 0 unspecified atom stereocenters. The summed E-state index contributed by atoms with van der Waals surface area (Å²) < 4.78 is 1.24. The lowest BCUT2D eigenvalue weighted by Gasteiger charge is -2.07. The normalized spacial score (nSPS) is 10.3. The van der Waals surface area contributed by atoms with E-state index in [1.165, 1.54) is 33.2 Å². The molecule has 0 N–H and O–H groups in total. The number of carbonyl (C=O) groups is 1. The van der Waals surface area contributed by atoms with Crippen LogP contribution in [0.2, 0.25) is 0 Å². The molecule has 1 heterocycles. The lowest BCUT2D eigenvalue weighted by Crippen LogP contribution is -2.27. The third-order valence-corrected chi connectivity index (χ3v) is 3.18. The van der Waals surface area contributed by atoms with Gasteiger partial charge < -0.3 is 4.90 Å². The summed E-state index contributed by atoms with van der Waals surface area (Å²) in [5, 5.41) is 4.73. The molecule has 0 saturated carbocycles. The highest BCUT2D eigenvalue weighted by atomic mass is 32.2. The molecule has 5 nitrogen and oxygen atoms in total. The van der Waals surface area contributed by atoms with Crippen molar-refractivity contribution in [2.24, 2.45) is 0 Å². The largest absolute Gasteiger partial charge is 0.345 e. The smallest absolute Gasteiger partial charge is 0.329 e. The van der Waals surface area contributed by atoms with Gasteiger partial charge in [-0.05, 0) is 5.56 Å². The van der Waals surface area contributed by atoms with Crippen LogP contribution in [0.4, 0.5) is 4.79 Å². The number of rotatable bonds is 3. The average Bonchev–Trinajstić information content (AvgIpc) is 2.85. The van der Waals surface area contributed by atoms with Crippen LogP contribution in [-0.2, 0) is 5.75 Å². The van der Waals surface area contributed by atoms with Crippen molar-refractivity contribution in [3.8, 4) is 0 Å². The standard InChI is InChI=1S/C12H14N4OS/c1-15(2)12(17)16-9-13-11(14-16)18-8-10-6-4-3-5-7-10/h3-7,9H,8H2,1-2H3. The van der Waals surface area contributed by atoms with Gasteiger partial charge in [-0.15, -0.1) is 5.10 Å². The van der Waals surface area contributed by atoms with E-state index in [0.29, 0.717) is 5.16 Å². The maximum absolute atomic E-state index is 11.6. The summed E-state index contributed by atoms with van der Waals surface area (Å²) in [6.45, 7) is 0. The van der Waals surface area contributed by atoms with Crippen molar-refractivity contribution in [2.75, 3.05) is 14.1 Å². The number of benzene rings is 1. The Balaban J connectivity index is 1.97. The highest BCUT2D eigenvalue weighted by Gasteiger charge is 2.10. The molecule has 0 bridgehead atoms. The fraction of sp³-hybridized carbons (Fsp3) is 0.250. The van der Waals surface area contributed by atoms with E-state index in [0.717, 1.165) is 5.75 Å². The minimum Gasteiger partial charge on any atom is -0.329 e. The van der Waals surface area contributed by atoms with Crippen LogP contribution in [0, 0.1) is 0 Å². The lowest BCUT2D eigenvalue weighted by molar-refractivity contribution is 0.215. The van der Waals surface area contributed by atoms with Gasteiger partial charge in [-0.2, -0.15) is 4.68 Å². The minimum absolute atomic E-state index is 0.200. The highest BCUT2D eigenvalue weighted by Crippen LogP contribution is 2.18. The Kier molecular flexibility index (Phi) is 3.99. The summed E-state index contributed by atoms with van der Waals surface area (Å²) in [6, 6.07) is 9.88. The van der Waals surface area contributed by atoms with Crippen LogP contribution < -0.4 is 0 Å². The Labute approximate surface area is 110 Å². The van der Waals surface area contributed by atoms with Crippen molar-refractivity contribution in [3.63, 3.8) is 0 Å². The van der Waals surface area contributed by atoms with E-state index >= 15 is 0 Å². The highest BCUT2D eigenvalue weighted by molar-refractivity contribution is 7.98. The molecular weight excluding hydrogens is 248 g/mol. The van der Waals surface area contributed by atoms with Crippen LogP contribution in [0.3, 0.4) is 0 Å². The molecule has 0 atom stereocenters. The number of aromatic nitrogens is 3. The predicted molar refractivity (Wildman–Crippen MR) is 70.5 cm³/mol. The van der Waals surface area contributed by atoms with Crippen LogP contribution in [0.15, 0.2) is 41.8 Å². The van der Waals surface area contributed by atoms with Crippen molar-refractivity contribution in [1.29, 1.82) is 0 Å². The van der Waals surface area contributed by atoms with Crippen molar-refractivity contribution >= 4 is 17.8 Å². The Morgan fingerprint density at radius 1 is 1.33 bits per heavy atom. The second kappa shape index (κ2) is 5.68. The molecule has 0 aliphatic heterocycles. The quantitative estimate of drug-likeness (QED) is 0.795. The summed E-state index contributed by atoms with van der Waals surface area (Å²) in [5.41, 5.74) is 1.21. The number of amides is 1. The number of carbonyl (C=O) groups excluding carboxylic acids is 1. The van der Waals surface area contributed by atoms with Gasteiger partial charge in [0.2, 0.25) is 5.16 Å². The van der Waals surface area contributed by atoms with E-state index in [-0.39, 0.29) is 6.03 Å². The first-order chi connectivity index (χ1) is 8.66. The molecule has 0 radical (unpaired) electrons. The molecule has 2 rings (SSSR count). The van der Waals surface area contributed by atoms with Gasteiger partial charge >= 0.3 is 6.03 Å². The van der Waals surface area contributed by atoms with Gasteiger partial charge in [0.15, 0.2) is 0 Å². The van der Waals surface area contributed by atoms with Crippen molar-refractivity contribution in [1.82, 2.24) is 19.7 Å². The van der Waals surface area contributed by atoms with Gasteiger partial charge in [0, 0.05) is 19.8 Å². The van der Waals surface area contributed by atoms with Crippen LogP contribution in [0.25, 0.3) is 0 Å². The first-order valence-corrected chi connectivity index (χ1v) is 6.45. The molecule has 0 aliphatic rings. The van der Waals surface area contributed by atoms with Gasteiger partial charge in [-0.1, -0.05) is 42.1 Å². The maximum Gasteiger partial charge on any atom is 0.345 e. The molecule has 18 heavy (non-hydrogen) atoms. The first kappa shape index (κ1) is 12.6. The zero-order chi connectivity index (χ0) is 13.0. The van der Waals surface area contributed by atoms with Crippen LogP contribution in [-0.4, -0.2) is 39.8 Å². The Hall–Kier alpha value is -1.82. The van der Waals surface area contributed by atoms with Crippen LogP contribution in [0.1, 0.15) is 5.56 Å². The van der Waals surface area contributed by atoms with Gasteiger partial charge in [-0.3, -0.25) is 0 Å². The van der Waals surface area contributed by atoms with Gasteiger partial charge in [-0.25, -0.2) is 9.78 Å². The molecule has 1 aromatic carbocycles. The fourth-order valence-corrected chi connectivity index (χ4v) is 2.09. The summed E-state index contributed by atoms with van der Waals surface area (Å²) in [7, 11) is 3.36. The van der Waals surface area contributed by atoms with Crippen LogP contribution >= 0.6 is 11.8 Å². The monoisotopic (exact) mass is 262 g/mol. The molecule has 1 amide bonds. The van der Waals surface area contributed by atoms with E-state index in [4.69, 9.17) is 0 Å². The Morgan fingerprint density at radius 3 is 2.72 bits per heavy atom. The van der Waals surface area contributed by atoms with Crippen LogP contribution in [0.5, 0.6) is 0 Å². The molecule has 2 aromatic rings. The number of thioether (sulfide) groups is 1. The van der Waals surface area contributed by atoms with E-state index in [1.807, 2.05) is 18.2 Å². The SMILES string of the molecule is CN(C)C(=O)n1cnc(SCc2ccccc2)n1. The molecule has 1 aromatic heterocycles. The second-order valence-electron chi connectivity index (χ2n) is 3.92. The number of hydrogen-bond donors (Lipinski definition) is 0. The zero-order valence-electron chi connectivity index (χ0n) is 10.3. The third kappa shape index (κ3) is 3.10. The first-order valence-electron chi connectivity index (χ1n) is 5.47. The number of nitrogens with zero attached hydrogens (tertiary/aromatic N) is 4. The maximum atomic E-state index is 11.6. The van der Waals surface area contributed by atoms with E-state index in [2.05, 4.69) is 22.2 Å². The third-order valence-electron chi connectivity index (χ3n) is 2.26. The molecule has 0 aliphatic carbocycles. The number of hydrogen-bond acceptors (Lipinski definition) is 4. The molecule has 6 heteroatoms. The topological polar surface area (TPSA) is 51.0 Å². The van der Waals surface area contributed by atoms with E-state index in [1.54, 1.807) is 14.1 Å². The predicted octanol–water partition coefficient (Wildman–Crippen LogP) is 2.10. The van der Waals surface area contributed by atoms with Crippen molar-refractivity contribution < 1.29 is 4.79 Å². The fourth-order valence-electron chi connectivity index (χ4n) is 1.33. The summed E-state index contributed by atoms with van der Waals surface area (Å²) >= 11 is 1.51. The lowest BCUT2D eigenvalue weighted by atomic mass is 10.2. The molecule has 0 fully saturated rings. The van der Waals surface area contributed by atoms with E-state index in [9.17, 15) is 4.79 Å². The van der Waals surface area contributed by atoms with Crippen molar-refractivity contribution in [2.45, 2.75) is 10.9 Å². The minimum atomic E-state index is -0.200. The van der Waals surface area contributed by atoms with Crippen molar-refractivity contribution in [3.05, 3.63) is 42.2 Å². The van der Waals surface area contributed by atoms with Gasteiger partial charge in [0.05, 0.1) is 0 Å². The van der Waals surface area contributed by atoms with E-state index < -0.39 is 0 Å². The molecule has 0 spiro atoms. The molecular formula is C12H14N4OS. The van der Waals surface area contributed by atoms with Gasteiger partial charge in [0.25, 0.3) is 0 Å². The summed E-state index contributed by atoms with van der Waals surface area (Å²) in [5.74, 6) is 0.793. The van der Waals surface area contributed by atoms with Gasteiger partial charge in [0.1, 0.15) is 6.33 Å². The second-order valence-corrected chi connectivity index (χ2v) is 4.87. The Morgan fingerprint density at radius 2 is 2.06 bits per heavy atom. The average molecular weight is 262 g/mol. The molecule has 94 valence electrons. The Bertz CT molecular complexity index is 524. The summed E-state index contributed by atoms with van der Waals surface area (Å²) in [6.07, 6.45) is 1.44. The zero-order valence-corrected chi connectivity index (χ0v) is 11.1. The molecule has 0 saturated heterocycles.